The van der Waals surface area contributed by atoms with Gasteiger partial charge in [0.25, 0.3) is 0 Å². The average molecular weight is 479 g/mol. The van der Waals surface area contributed by atoms with Crippen LogP contribution in [-0.4, -0.2) is 49.4 Å². The lowest BCUT2D eigenvalue weighted by molar-refractivity contribution is -0.135. The summed E-state index contributed by atoms with van der Waals surface area (Å²) in [5.41, 5.74) is 0.910. The highest BCUT2D eigenvalue weighted by molar-refractivity contribution is 5.89. The van der Waals surface area contributed by atoms with Gasteiger partial charge >= 0.3 is 0 Å². The Hall–Kier alpha value is -3.04. The smallest absolute Gasteiger partial charge is 0.243 e. The van der Waals surface area contributed by atoms with Crippen LogP contribution in [0.4, 0.5) is 8.78 Å². The first-order chi connectivity index (χ1) is 16.2. The van der Waals surface area contributed by atoms with Crippen molar-refractivity contribution in [2.24, 2.45) is 11.8 Å². The molecule has 0 saturated heterocycles. The molecular weight excluding hydrogens is 446 g/mol. The fourth-order valence-corrected chi connectivity index (χ4v) is 3.29. The van der Waals surface area contributed by atoms with Crippen molar-refractivity contribution < 1.29 is 33.0 Å². The molecule has 0 saturated carbocycles. The van der Waals surface area contributed by atoms with E-state index in [1.807, 2.05) is 30.3 Å². The van der Waals surface area contributed by atoms with Crippen molar-refractivity contribution in [2.45, 2.75) is 39.0 Å². The van der Waals surface area contributed by atoms with E-state index in [0.29, 0.717) is 12.6 Å². The molecule has 34 heavy (non-hydrogen) atoms. The molecule has 186 valence electrons. The summed E-state index contributed by atoms with van der Waals surface area (Å²) in [5, 5.41) is 16.1. The molecule has 7 nitrogen and oxygen atoms in total. The fraction of sp³-hybridized carbons (Fsp3) is 0.440. The van der Waals surface area contributed by atoms with E-state index >= 15 is 0 Å². The molecule has 0 bridgehead atoms. The van der Waals surface area contributed by atoms with Gasteiger partial charge in [0, 0.05) is 38.5 Å². The predicted molar refractivity (Wildman–Crippen MR) is 123 cm³/mol. The minimum absolute atomic E-state index is 0.116. The van der Waals surface area contributed by atoms with Crippen molar-refractivity contribution in [3.63, 3.8) is 0 Å². The van der Waals surface area contributed by atoms with Gasteiger partial charge in [-0.3, -0.25) is 9.59 Å². The highest BCUT2D eigenvalue weighted by Crippen LogP contribution is 2.18. The zero-order chi connectivity index (χ0) is 25.1. The Kier molecular flexibility index (Phi) is 10.9. The van der Waals surface area contributed by atoms with Crippen LogP contribution in [0.15, 0.2) is 48.5 Å². The van der Waals surface area contributed by atoms with Gasteiger partial charge in [0.05, 0.1) is 12.0 Å². The van der Waals surface area contributed by atoms with Crippen LogP contribution >= 0.6 is 0 Å². The number of hydrogen-bond donors (Lipinski definition) is 3. The van der Waals surface area contributed by atoms with Crippen molar-refractivity contribution in [2.75, 3.05) is 20.3 Å². The Labute approximate surface area is 198 Å². The van der Waals surface area contributed by atoms with E-state index in [-0.39, 0.29) is 37.2 Å². The quantitative estimate of drug-likeness (QED) is 0.412. The minimum atomic E-state index is -1.17. The number of amides is 2. The summed E-state index contributed by atoms with van der Waals surface area (Å²) in [6, 6.07) is 11.1. The van der Waals surface area contributed by atoms with E-state index in [1.54, 1.807) is 13.8 Å². The zero-order valence-corrected chi connectivity index (χ0v) is 19.6. The molecule has 0 aliphatic carbocycles. The molecule has 0 aliphatic heterocycles. The summed E-state index contributed by atoms with van der Waals surface area (Å²) in [6.07, 6.45) is -1.04. The lowest BCUT2D eigenvalue weighted by atomic mass is 9.97. The second kappa shape index (κ2) is 13.6. The van der Waals surface area contributed by atoms with E-state index in [0.717, 1.165) is 17.7 Å². The first-order valence-electron chi connectivity index (χ1n) is 11.1. The van der Waals surface area contributed by atoms with Gasteiger partial charge in [0.15, 0.2) is 0 Å². The molecule has 9 heteroatoms. The van der Waals surface area contributed by atoms with Gasteiger partial charge in [0.1, 0.15) is 30.0 Å². The molecule has 0 aromatic heterocycles. The number of nitrogens with one attached hydrogen (secondary N) is 2. The van der Waals surface area contributed by atoms with Crippen LogP contribution in [0.3, 0.4) is 0 Å². The molecule has 0 fully saturated rings. The van der Waals surface area contributed by atoms with Crippen molar-refractivity contribution in [3.05, 3.63) is 65.7 Å². The summed E-state index contributed by atoms with van der Waals surface area (Å²) < 4.78 is 37.3. The number of carbonyl (C=O) groups excluding carboxylic acids is 2. The second-order valence-corrected chi connectivity index (χ2v) is 8.31. The van der Waals surface area contributed by atoms with Crippen LogP contribution in [0.5, 0.6) is 5.75 Å². The number of rotatable bonds is 13. The number of benzene rings is 2. The van der Waals surface area contributed by atoms with Gasteiger partial charge in [-0.1, -0.05) is 44.2 Å². The first-order valence-corrected chi connectivity index (χ1v) is 11.1. The fourth-order valence-electron chi connectivity index (χ4n) is 3.29. The van der Waals surface area contributed by atoms with Crippen LogP contribution in [0, 0.1) is 23.5 Å². The molecule has 2 rings (SSSR count). The molecule has 3 N–H and O–H groups in total. The maximum atomic E-state index is 13.5. The number of carbonyl (C=O) groups is 2. The Morgan fingerprint density at radius 2 is 1.68 bits per heavy atom. The van der Waals surface area contributed by atoms with Crippen molar-refractivity contribution >= 4 is 11.8 Å². The van der Waals surface area contributed by atoms with E-state index in [1.165, 1.54) is 7.11 Å². The summed E-state index contributed by atoms with van der Waals surface area (Å²) >= 11 is 0. The zero-order valence-electron chi connectivity index (χ0n) is 19.6. The normalized spacial score (nSPS) is 13.7. The standard InChI is InChI=1S/C25H32F2N2O5/c1-16(2)23(25(32)28-14-17-7-5-4-6-8-17)29-24(31)21(22(30)9-10-33-3)15-34-20-12-18(26)11-19(27)13-20/h4-8,11-13,16,21-23,30H,9-10,14-15H2,1-3H3,(H,28,32)(H,29,31). The predicted octanol–water partition coefficient (Wildman–Crippen LogP) is 2.81. The topological polar surface area (TPSA) is 96.9 Å². The molecular formula is C25H32F2N2O5. The average Bonchev–Trinajstić information content (AvgIpc) is 2.79. The van der Waals surface area contributed by atoms with Gasteiger partial charge in [-0.25, -0.2) is 8.78 Å². The van der Waals surface area contributed by atoms with E-state index in [9.17, 15) is 23.5 Å². The van der Waals surface area contributed by atoms with Crippen LogP contribution in [0.1, 0.15) is 25.8 Å². The van der Waals surface area contributed by atoms with Gasteiger partial charge in [0.2, 0.25) is 11.8 Å². The van der Waals surface area contributed by atoms with E-state index in [4.69, 9.17) is 9.47 Å². The lowest BCUT2D eigenvalue weighted by Crippen LogP contribution is -2.53. The van der Waals surface area contributed by atoms with Crippen LogP contribution in [0.2, 0.25) is 0 Å². The molecule has 0 aliphatic rings. The number of methoxy groups -OCH3 is 1. The monoisotopic (exact) mass is 478 g/mol. The SMILES string of the molecule is COCCC(O)C(COc1cc(F)cc(F)c1)C(=O)NC(C(=O)NCc1ccccc1)C(C)C. The highest BCUT2D eigenvalue weighted by Gasteiger charge is 2.32. The molecule has 0 radical (unpaired) electrons. The first kappa shape index (κ1) is 27.2. The maximum Gasteiger partial charge on any atom is 0.243 e. The van der Waals surface area contributed by atoms with Crippen molar-refractivity contribution in [1.82, 2.24) is 10.6 Å². The number of hydrogen-bond acceptors (Lipinski definition) is 5. The number of aliphatic hydroxyl groups excluding tert-OH is 1. The summed E-state index contributed by atoms with van der Waals surface area (Å²) in [5.74, 6) is -4.11. The maximum absolute atomic E-state index is 13.5. The van der Waals surface area contributed by atoms with Crippen LogP contribution in [-0.2, 0) is 20.9 Å². The van der Waals surface area contributed by atoms with E-state index in [2.05, 4.69) is 10.6 Å². The molecule has 3 atom stereocenters. The molecule has 2 amide bonds. The van der Waals surface area contributed by atoms with Gasteiger partial charge in [-0.05, 0) is 17.9 Å². The van der Waals surface area contributed by atoms with Crippen molar-refractivity contribution in [3.8, 4) is 5.75 Å². The van der Waals surface area contributed by atoms with Gasteiger partial charge in [-0.15, -0.1) is 0 Å². The molecule has 3 unspecified atom stereocenters. The summed E-state index contributed by atoms with van der Waals surface area (Å²) in [6.45, 7) is 3.71. The summed E-state index contributed by atoms with van der Waals surface area (Å²) in [7, 11) is 1.46. The Balaban J connectivity index is 2.09. The van der Waals surface area contributed by atoms with Crippen LogP contribution < -0.4 is 15.4 Å². The summed E-state index contributed by atoms with van der Waals surface area (Å²) in [4.78, 5) is 25.9. The number of ether oxygens (including phenoxy) is 2. The third kappa shape index (κ3) is 8.72. The molecule has 2 aromatic carbocycles. The Morgan fingerprint density at radius 3 is 2.26 bits per heavy atom. The number of halogens is 2. The van der Waals surface area contributed by atoms with Gasteiger partial charge < -0.3 is 25.2 Å². The Morgan fingerprint density at radius 1 is 1.03 bits per heavy atom. The minimum Gasteiger partial charge on any atom is -0.492 e. The third-order valence-electron chi connectivity index (χ3n) is 5.24. The van der Waals surface area contributed by atoms with E-state index < -0.39 is 35.6 Å². The lowest BCUT2D eigenvalue weighted by Gasteiger charge is -2.27. The molecule has 0 heterocycles. The van der Waals surface area contributed by atoms with Crippen molar-refractivity contribution in [1.29, 1.82) is 0 Å². The number of aliphatic hydroxyl groups is 1. The van der Waals surface area contributed by atoms with Crippen LogP contribution in [0.25, 0.3) is 0 Å². The Bertz CT molecular complexity index is 907. The largest absolute Gasteiger partial charge is 0.492 e. The molecule has 0 spiro atoms. The third-order valence-corrected chi connectivity index (χ3v) is 5.24. The highest BCUT2D eigenvalue weighted by atomic mass is 19.1. The van der Waals surface area contributed by atoms with Gasteiger partial charge in [-0.2, -0.15) is 0 Å². The second-order valence-electron chi connectivity index (χ2n) is 8.31. The molecule has 2 aromatic rings.